The maximum absolute atomic E-state index is 11.7. The third-order valence-corrected chi connectivity index (χ3v) is 3.08. The Kier molecular flexibility index (Phi) is 4.57. The van der Waals surface area contributed by atoms with E-state index in [4.69, 9.17) is 0 Å². The van der Waals surface area contributed by atoms with E-state index in [1.165, 1.54) is 0 Å². The molecule has 0 unspecified atom stereocenters. The molecule has 0 radical (unpaired) electrons. The summed E-state index contributed by atoms with van der Waals surface area (Å²) in [7, 11) is 1.64. The van der Waals surface area contributed by atoms with Crippen LogP contribution in [0.2, 0.25) is 0 Å². The Hall–Kier alpha value is -0.580. The fourth-order valence-corrected chi connectivity index (χ4v) is 2.14. The molecule has 1 N–H and O–H groups in total. The third kappa shape index (κ3) is 3.19. The molecule has 0 aromatic heterocycles. The predicted octanol–water partition coefficient (Wildman–Crippen LogP) is 0.754. The number of alkyl halides is 1. The number of halogens is 1. The monoisotopic (exact) mass is 276 g/mol. The van der Waals surface area contributed by atoms with E-state index in [0.717, 1.165) is 19.4 Å². The van der Waals surface area contributed by atoms with Crippen LogP contribution in [0, 0.1) is 5.92 Å². The van der Waals surface area contributed by atoms with E-state index < -0.39 is 0 Å². The SMILES string of the molecule is CNC(=O)[C@H]1CCCN(C(=O)[C@H](C)Br)C1. The van der Waals surface area contributed by atoms with Gasteiger partial charge in [-0.15, -0.1) is 0 Å². The van der Waals surface area contributed by atoms with E-state index in [-0.39, 0.29) is 22.6 Å². The quantitative estimate of drug-likeness (QED) is 0.757. The van der Waals surface area contributed by atoms with E-state index in [0.29, 0.717) is 6.54 Å². The smallest absolute Gasteiger partial charge is 0.236 e. The molecule has 0 aromatic carbocycles. The van der Waals surface area contributed by atoms with Crippen molar-refractivity contribution in [1.82, 2.24) is 10.2 Å². The molecule has 0 bridgehead atoms. The Morgan fingerprint density at radius 2 is 2.20 bits per heavy atom. The Bertz CT molecular complexity index is 256. The van der Waals surface area contributed by atoms with Crippen LogP contribution in [0.5, 0.6) is 0 Å². The zero-order chi connectivity index (χ0) is 11.4. The van der Waals surface area contributed by atoms with Crippen molar-refractivity contribution in [2.24, 2.45) is 5.92 Å². The minimum Gasteiger partial charge on any atom is -0.359 e. The number of hydrogen-bond acceptors (Lipinski definition) is 2. The van der Waals surface area contributed by atoms with Crippen molar-refractivity contribution in [3.05, 3.63) is 0 Å². The molecule has 86 valence electrons. The molecular formula is C10H17BrN2O2. The van der Waals surface area contributed by atoms with Crippen LogP contribution in [0.4, 0.5) is 0 Å². The summed E-state index contributed by atoms with van der Waals surface area (Å²) in [4.78, 5) is 24.7. The number of piperidine rings is 1. The molecular weight excluding hydrogens is 260 g/mol. The van der Waals surface area contributed by atoms with Crippen molar-refractivity contribution in [1.29, 1.82) is 0 Å². The summed E-state index contributed by atoms with van der Waals surface area (Å²) in [5, 5.41) is 2.63. The van der Waals surface area contributed by atoms with Gasteiger partial charge in [-0.25, -0.2) is 0 Å². The number of hydrogen-bond donors (Lipinski definition) is 1. The van der Waals surface area contributed by atoms with Gasteiger partial charge in [0.15, 0.2) is 0 Å². The number of rotatable bonds is 2. The molecule has 1 heterocycles. The molecule has 1 rings (SSSR count). The molecule has 1 aliphatic rings. The summed E-state index contributed by atoms with van der Waals surface area (Å²) >= 11 is 3.26. The fraction of sp³-hybridized carbons (Fsp3) is 0.800. The Morgan fingerprint density at radius 3 is 2.73 bits per heavy atom. The van der Waals surface area contributed by atoms with Gasteiger partial charge in [0, 0.05) is 20.1 Å². The first kappa shape index (κ1) is 12.5. The van der Waals surface area contributed by atoms with Gasteiger partial charge in [0.05, 0.1) is 10.7 Å². The maximum atomic E-state index is 11.7. The molecule has 2 amide bonds. The Labute approximate surface area is 98.5 Å². The molecule has 15 heavy (non-hydrogen) atoms. The van der Waals surface area contributed by atoms with Crippen molar-refractivity contribution in [2.45, 2.75) is 24.6 Å². The van der Waals surface area contributed by atoms with Gasteiger partial charge < -0.3 is 10.2 Å². The van der Waals surface area contributed by atoms with Gasteiger partial charge in [-0.3, -0.25) is 9.59 Å². The highest BCUT2D eigenvalue weighted by Crippen LogP contribution is 2.18. The number of likely N-dealkylation sites (tertiary alicyclic amines) is 1. The zero-order valence-electron chi connectivity index (χ0n) is 9.12. The lowest BCUT2D eigenvalue weighted by atomic mass is 9.97. The van der Waals surface area contributed by atoms with E-state index in [9.17, 15) is 9.59 Å². The van der Waals surface area contributed by atoms with E-state index in [1.807, 2.05) is 6.92 Å². The van der Waals surface area contributed by atoms with Crippen molar-refractivity contribution in [2.75, 3.05) is 20.1 Å². The molecule has 1 fully saturated rings. The largest absolute Gasteiger partial charge is 0.359 e. The van der Waals surface area contributed by atoms with Crippen LogP contribution in [-0.2, 0) is 9.59 Å². The molecule has 0 saturated carbocycles. The van der Waals surface area contributed by atoms with Crippen molar-refractivity contribution in [3.8, 4) is 0 Å². The number of amides is 2. The first-order valence-electron chi connectivity index (χ1n) is 5.20. The average molecular weight is 277 g/mol. The molecule has 4 nitrogen and oxygen atoms in total. The Balaban J connectivity index is 2.56. The summed E-state index contributed by atoms with van der Waals surface area (Å²) in [6.45, 7) is 3.13. The molecule has 0 aromatic rings. The van der Waals surface area contributed by atoms with E-state index in [2.05, 4.69) is 21.2 Å². The number of carbonyl (C=O) groups excluding carboxylic acids is 2. The molecule has 1 aliphatic heterocycles. The van der Waals surface area contributed by atoms with Gasteiger partial charge in [0.1, 0.15) is 0 Å². The van der Waals surface area contributed by atoms with Crippen LogP contribution in [0.15, 0.2) is 0 Å². The summed E-state index contributed by atoms with van der Waals surface area (Å²) in [6, 6.07) is 0. The summed E-state index contributed by atoms with van der Waals surface area (Å²) in [6.07, 6.45) is 1.78. The van der Waals surface area contributed by atoms with Gasteiger partial charge in [0.25, 0.3) is 0 Å². The van der Waals surface area contributed by atoms with Crippen LogP contribution in [0.3, 0.4) is 0 Å². The number of nitrogens with one attached hydrogen (secondary N) is 1. The predicted molar refractivity (Wildman–Crippen MR) is 61.8 cm³/mol. The van der Waals surface area contributed by atoms with Crippen LogP contribution in [0.1, 0.15) is 19.8 Å². The molecule has 0 spiro atoms. The highest BCUT2D eigenvalue weighted by Gasteiger charge is 2.28. The van der Waals surface area contributed by atoms with Gasteiger partial charge in [-0.1, -0.05) is 15.9 Å². The van der Waals surface area contributed by atoms with Crippen LogP contribution in [-0.4, -0.2) is 41.7 Å². The summed E-state index contributed by atoms with van der Waals surface area (Å²) in [5.41, 5.74) is 0. The molecule has 5 heteroatoms. The van der Waals surface area contributed by atoms with Crippen molar-refractivity contribution < 1.29 is 9.59 Å². The second-order valence-electron chi connectivity index (χ2n) is 3.85. The van der Waals surface area contributed by atoms with Crippen molar-refractivity contribution in [3.63, 3.8) is 0 Å². The van der Waals surface area contributed by atoms with Gasteiger partial charge in [-0.05, 0) is 19.8 Å². The second kappa shape index (κ2) is 5.49. The average Bonchev–Trinajstić information content (AvgIpc) is 2.27. The van der Waals surface area contributed by atoms with E-state index >= 15 is 0 Å². The topological polar surface area (TPSA) is 49.4 Å². The lowest BCUT2D eigenvalue weighted by molar-refractivity contribution is -0.134. The summed E-state index contributed by atoms with van der Waals surface area (Å²) in [5.74, 6) is 0.0669. The fourth-order valence-electron chi connectivity index (χ4n) is 1.85. The normalized spacial score (nSPS) is 23.4. The first-order chi connectivity index (χ1) is 7.06. The van der Waals surface area contributed by atoms with Crippen LogP contribution in [0.25, 0.3) is 0 Å². The zero-order valence-corrected chi connectivity index (χ0v) is 10.7. The number of nitrogens with zero attached hydrogens (tertiary/aromatic N) is 1. The van der Waals surface area contributed by atoms with Gasteiger partial charge in [-0.2, -0.15) is 0 Å². The third-order valence-electron chi connectivity index (χ3n) is 2.69. The lowest BCUT2D eigenvalue weighted by Crippen LogP contribution is -2.46. The van der Waals surface area contributed by atoms with E-state index in [1.54, 1.807) is 11.9 Å². The highest BCUT2D eigenvalue weighted by molar-refractivity contribution is 9.10. The minimum absolute atomic E-state index is 0.0368. The van der Waals surface area contributed by atoms with Gasteiger partial charge >= 0.3 is 0 Å². The van der Waals surface area contributed by atoms with Crippen LogP contribution < -0.4 is 5.32 Å². The van der Waals surface area contributed by atoms with Crippen molar-refractivity contribution >= 4 is 27.7 Å². The summed E-state index contributed by atoms with van der Waals surface area (Å²) < 4.78 is 0. The first-order valence-corrected chi connectivity index (χ1v) is 6.12. The molecule has 1 saturated heterocycles. The van der Waals surface area contributed by atoms with Gasteiger partial charge in [0.2, 0.25) is 11.8 Å². The maximum Gasteiger partial charge on any atom is 0.236 e. The van der Waals surface area contributed by atoms with Crippen LogP contribution >= 0.6 is 15.9 Å². The second-order valence-corrected chi connectivity index (χ2v) is 5.23. The lowest BCUT2D eigenvalue weighted by Gasteiger charge is -2.32. The molecule has 0 aliphatic carbocycles. The highest BCUT2D eigenvalue weighted by atomic mass is 79.9. The Morgan fingerprint density at radius 1 is 1.53 bits per heavy atom. The standard InChI is InChI=1S/C10H17BrN2O2/c1-7(11)10(15)13-5-3-4-8(6-13)9(14)12-2/h7-8H,3-6H2,1-2H3,(H,12,14)/t7-,8-/m0/s1. The minimum atomic E-state index is -0.166. The number of carbonyl (C=O) groups is 2. The molecule has 2 atom stereocenters.